The number of halogens is 2. The number of alkyl halides is 2. The van der Waals surface area contributed by atoms with Gasteiger partial charge in [-0.05, 0) is 63.8 Å². The lowest BCUT2D eigenvalue weighted by atomic mass is 9.39. The van der Waals surface area contributed by atoms with E-state index in [0.717, 1.165) is 13.0 Å². The van der Waals surface area contributed by atoms with Crippen molar-refractivity contribution in [2.24, 2.45) is 11.3 Å². The van der Waals surface area contributed by atoms with E-state index >= 15 is 0 Å². The predicted molar refractivity (Wildman–Crippen MR) is 113 cm³/mol. The Morgan fingerprint density at radius 1 is 1.23 bits per heavy atom. The van der Waals surface area contributed by atoms with Gasteiger partial charge in [-0.1, -0.05) is 6.92 Å². The van der Waals surface area contributed by atoms with Crippen LogP contribution in [0.2, 0.25) is 0 Å². The summed E-state index contributed by atoms with van der Waals surface area (Å²) in [4.78, 5) is 24.9. The quantitative estimate of drug-likeness (QED) is 0.503. The lowest BCUT2D eigenvalue weighted by Gasteiger charge is -2.69. The summed E-state index contributed by atoms with van der Waals surface area (Å²) in [7, 11) is 0. The minimum Gasteiger partial charge on any atom is -0.368 e. The molecule has 1 heterocycles. The summed E-state index contributed by atoms with van der Waals surface area (Å²) in [6, 6.07) is 0.491. The molecule has 5 unspecified atom stereocenters. The number of amides is 2. The molecule has 0 aromatic rings. The molecule has 1 saturated heterocycles. The van der Waals surface area contributed by atoms with E-state index in [1.807, 2.05) is 0 Å². The zero-order valence-corrected chi connectivity index (χ0v) is 18.6. The Morgan fingerprint density at radius 3 is 2.70 bits per heavy atom. The van der Waals surface area contributed by atoms with Gasteiger partial charge in [0.15, 0.2) is 0 Å². The molecular weight excluding hydrogens is 409 g/mol. The Morgan fingerprint density at radius 2 is 2.00 bits per heavy atom. The molecular formula is C22H35ClFN3O3. The van der Waals surface area contributed by atoms with Gasteiger partial charge in [0.1, 0.15) is 12.8 Å². The number of nitrogens with one attached hydrogen (secondary N) is 3. The normalized spacial score (nSPS) is 42.6. The van der Waals surface area contributed by atoms with Crippen molar-refractivity contribution >= 4 is 23.4 Å². The highest BCUT2D eigenvalue weighted by Gasteiger charge is 2.72. The molecule has 2 bridgehead atoms. The maximum atomic E-state index is 13.7. The third-order valence-electron chi connectivity index (χ3n) is 7.68. The van der Waals surface area contributed by atoms with Crippen molar-refractivity contribution in [1.29, 1.82) is 0 Å². The second-order valence-corrected chi connectivity index (χ2v) is 10.7. The first-order chi connectivity index (χ1) is 14.3. The Hall–Kier alpha value is -0.920. The van der Waals surface area contributed by atoms with E-state index in [4.69, 9.17) is 16.3 Å². The summed E-state index contributed by atoms with van der Waals surface area (Å²) in [5, 5.41) is 9.26. The molecule has 30 heavy (non-hydrogen) atoms. The van der Waals surface area contributed by atoms with Crippen molar-refractivity contribution < 1.29 is 18.7 Å². The molecule has 0 spiro atoms. The largest absolute Gasteiger partial charge is 0.368 e. The average molecular weight is 444 g/mol. The van der Waals surface area contributed by atoms with Gasteiger partial charge in [0.25, 0.3) is 0 Å². The fourth-order valence-electron chi connectivity index (χ4n) is 5.91. The van der Waals surface area contributed by atoms with E-state index in [1.54, 1.807) is 0 Å². The number of carbonyl (C=O) groups excluding carboxylic acids is 2. The van der Waals surface area contributed by atoms with Crippen molar-refractivity contribution in [3.63, 3.8) is 0 Å². The number of ether oxygens (including phenoxy) is 1. The van der Waals surface area contributed by atoms with Crippen molar-refractivity contribution in [2.45, 2.75) is 93.9 Å². The van der Waals surface area contributed by atoms with Crippen LogP contribution in [0.1, 0.15) is 64.7 Å². The molecule has 5 rings (SSSR count). The Kier molecular flexibility index (Phi) is 6.62. The fraction of sp³-hybridized carbons (Fsp3) is 0.909. The van der Waals surface area contributed by atoms with Gasteiger partial charge >= 0.3 is 0 Å². The molecule has 6 nitrogen and oxygen atoms in total. The molecule has 8 heteroatoms. The molecule has 5 aliphatic rings. The molecule has 5 atom stereocenters. The summed E-state index contributed by atoms with van der Waals surface area (Å²) >= 11 is 5.88. The molecule has 3 N–H and O–H groups in total. The smallest absolute Gasteiger partial charge is 0.246 e. The van der Waals surface area contributed by atoms with Gasteiger partial charge in [-0.3, -0.25) is 9.59 Å². The molecule has 170 valence electrons. The molecule has 2 amide bonds. The number of hydrogen-bond donors (Lipinski definition) is 3. The predicted octanol–water partition coefficient (Wildman–Crippen LogP) is 2.43. The van der Waals surface area contributed by atoms with Crippen LogP contribution in [0.4, 0.5) is 4.39 Å². The maximum Gasteiger partial charge on any atom is 0.246 e. The lowest BCUT2D eigenvalue weighted by Crippen LogP contribution is -2.78. The highest BCUT2D eigenvalue weighted by Crippen LogP contribution is 2.67. The van der Waals surface area contributed by atoms with Gasteiger partial charge in [-0.25, -0.2) is 4.39 Å². The first kappa shape index (κ1) is 22.3. The summed E-state index contributed by atoms with van der Waals surface area (Å²) in [6.07, 6.45) is 5.78. The second-order valence-electron chi connectivity index (χ2n) is 10.1. The summed E-state index contributed by atoms with van der Waals surface area (Å²) < 4.78 is 19.3. The minimum atomic E-state index is -1.07. The molecule has 0 aromatic heterocycles. The molecule has 0 aromatic carbocycles. The van der Waals surface area contributed by atoms with Gasteiger partial charge in [0.2, 0.25) is 11.8 Å². The van der Waals surface area contributed by atoms with Crippen LogP contribution in [0.5, 0.6) is 0 Å². The van der Waals surface area contributed by atoms with Crippen LogP contribution < -0.4 is 16.0 Å². The second kappa shape index (κ2) is 8.91. The van der Waals surface area contributed by atoms with E-state index in [-0.39, 0.29) is 41.9 Å². The SMILES string of the molecule is CC1CCCNC1CCNC(=O)C12CC(NC(=O)COC3CCC(Cl)C(F)C3)(C1)C2. The number of piperidine rings is 1. The average Bonchev–Trinajstić information content (AvgIpc) is 2.66. The molecule has 5 fully saturated rings. The van der Waals surface area contributed by atoms with Crippen LogP contribution in [0, 0.1) is 11.3 Å². The van der Waals surface area contributed by atoms with Gasteiger partial charge in [-0.2, -0.15) is 0 Å². The Bertz CT molecular complexity index is 644. The zero-order valence-electron chi connectivity index (χ0n) is 17.9. The summed E-state index contributed by atoms with van der Waals surface area (Å²) in [5.74, 6) is 0.613. The number of hydrogen-bond acceptors (Lipinski definition) is 4. The van der Waals surface area contributed by atoms with Gasteiger partial charge in [0, 0.05) is 24.5 Å². The topological polar surface area (TPSA) is 79.5 Å². The van der Waals surface area contributed by atoms with Crippen LogP contribution in [0.25, 0.3) is 0 Å². The van der Waals surface area contributed by atoms with E-state index in [9.17, 15) is 14.0 Å². The van der Waals surface area contributed by atoms with Gasteiger partial charge in [-0.15, -0.1) is 11.6 Å². The van der Waals surface area contributed by atoms with E-state index < -0.39 is 11.5 Å². The van der Waals surface area contributed by atoms with E-state index in [1.165, 1.54) is 12.8 Å². The van der Waals surface area contributed by atoms with Gasteiger partial charge < -0.3 is 20.7 Å². The molecule has 4 aliphatic carbocycles. The third-order valence-corrected chi connectivity index (χ3v) is 8.17. The van der Waals surface area contributed by atoms with Crippen LogP contribution in [-0.4, -0.2) is 60.7 Å². The van der Waals surface area contributed by atoms with Gasteiger partial charge in [0.05, 0.1) is 16.9 Å². The van der Waals surface area contributed by atoms with Crippen LogP contribution in [-0.2, 0) is 14.3 Å². The van der Waals surface area contributed by atoms with Crippen molar-refractivity contribution in [2.75, 3.05) is 19.7 Å². The monoisotopic (exact) mass is 443 g/mol. The highest BCUT2D eigenvalue weighted by molar-refractivity contribution is 6.21. The molecule has 4 saturated carbocycles. The summed E-state index contributed by atoms with van der Waals surface area (Å²) in [6.45, 7) is 3.99. The van der Waals surface area contributed by atoms with Crippen LogP contribution in [0.15, 0.2) is 0 Å². The number of rotatable bonds is 8. The Labute approximate surface area is 183 Å². The lowest BCUT2D eigenvalue weighted by molar-refractivity contribution is -0.184. The minimum absolute atomic E-state index is 0.0577. The molecule has 0 radical (unpaired) electrons. The summed E-state index contributed by atoms with van der Waals surface area (Å²) in [5.41, 5.74) is -0.534. The third kappa shape index (κ3) is 4.63. The number of carbonyl (C=O) groups is 2. The van der Waals surface area contributed by atoms with Crippen molar-refractivity contribution in [3.8, 4) is 0 Å². The van der Waals surface area contributed by atoms with E-state index in [2.05, 4.69) is 22.9 Å². The standard InChI is InChI=1S/C22H35ClFN3O3/c1-14-3-2-7-25-18(14)6-8-26-20(29)21-11-22(12-21,13-21)27-19(28)10-30-15-4-5-16(23)17(24)9-15/h14-18,25H,2-13H2,1H3,(H,26,29)(H,27,28). The van der Waals surface area contributed by atoms with Crippen molar-refractivity contribution in [1.82, 2.24) is 16.0 Å². The zero-order chi connectivity index (χ0) is 21.4. The molecule has 1 aliphatic heterocycles. The first-order valence-corrected chi connectivity index (χ1v) is 12.0. The fourth-order valence-corrected chi connectivity index (χ4v) is 6.14. The van der Waals surface area contributed by atoms with E-state index in [0.29, 0.717) is 50.6 Å². The Balaban J connectivity index is 1.11. The van der Waals surface area contributed by atoms with Crippen LogP contribution >= 0.6 is 11.6 Å². The first-order valence-electron chi connectivity index (χ1n) is 11.5. The van der Waals surface area contributed by atoms with Crippen molar-refractivity contribution in [3.05, 3.63) is 0 Å². The highest BCUT2D eigenvalue weighted by atomic mass is 35.5. The van der Waals surface area contributed by atoms with Crippen LogP contribution in [0.3, 0.4) is 0 Å². The maximum absolute atomic E-state index is 13.7.